The van der Waals surface area contributed by atoms with Crippen LogP contribution in [0.3, 0.4) is 0 Å². The summed E-state index contributed by atoms with van der Waals surface area (Å²) >= 11 is 1.74. The van der Waals surface area contributed by atoms with Gasteiger partial charge in [0.05, 0.1) is 17.6 Å². The van der Waals surface area contributed by atoms with Crippen LogP contribution in [0.2, 0.25) is 0 Å². The number of hydrogen-bond donors (Lipinski definition) is 0. The van der Waals surface area contributed by atoms with Crippen LogP contribution < -0.4 is 0 Å². The van der Waals surface area contributed by atoms with E-state index in [0.29, 0.717) is 5.92 Å². The summed E-state index contributed by atoms with van der Waals surface area (Å²) in [6.45, 7) is 4.42. The summed E-state index contributed by atoms with van der Waals surface area (Å²) in [5.74, 6) is 0.593. The molecule has 0 amide bonds. The fourth-order valence-corrected chi connectivity index (χ4v) is 2.30. The first kappa shape index (κ1) is 11.3. The van der Waals surface area contributed by atoms with E-state index >= 15 is 0 Å². The van der Waals surface area contributed by atoms with Crippen LogP contribution in [0.4, 0.5) is 0 Å². The largest absolute Gasteiger partial charge is 0.329 e. The quantitative estimate of drug-likeness (QED) is 0.803. The number of imidazole rings is 1. The monoisotopic (exact) mass is 232 g/mol. The molecule has 2 aromatic rings. The molecule has 0 aliphatic rings. The Morgan fingerprint density at radius 3 is 2.38 bits per heavy atom. The summed E-state index contributed by atoms with van der Waals surface area (Å²) in [7, 11) is 2.01. The molecule has 0 bridgehead atoms. The van der Waals surface area contributed by atoms with Gasteiger partial charge in [-0.1, -0.05) is 37.7 Å². The van der Waals surface area contributed by atoms with Crippen LogP contribution in [0.1, 0.15) is 25.3 Å². The number of aryl methyl sites for hydroxylation is 1. The zero-order valence-electron chi connectivity index (χ0n) is 9.84. The SMILES string of the molecule is CC(C)c1ccc(Sc2cncn2C)cc1. The summed E-state index contributed by atoms with van der Waals surface area (Å²) in [5, 5.41) is 1.16. The molecule has 2 nitrogen and oxygen atoms in total. The highest BCUT2D eigenvalue weighted by Gasteiger charge is 2.02. The van der Waals surface area contributed by atoms with Crippen LogP contribution in [0.5, 0.6) is 0 Å². The van der Waals surface area contributed by atoms with Gasteiger partial charge >= 0.3 is 0 Å². The molecule has 0 fully saturated rings. The summed E-state index contributed by atoms with van der Waals surface area (Å²) < 4.78 is 2.03. The Bertz CT molecular complexity index is 457. The molecule has 0 spiro atoms. The molecule has 1 aromatic heterocycles. The maximum absolute atomic E-state index is 4.11. The Balaban J connectivity index is 2.14. The smallest absolute Gasteiger partial charge is 0.0991 e. The Morgan fingerprint density at radius 1 is 1.19 bits per heavy atom. The van der Waals surface area contributed by atoms with Crippen LogP contribution in [-0.2, 0) is 7.05 Å². The van der Waals surface area contributed by atoms with Crippen molar-refractivity contribution in [1.29, 1.82) is 0 Å². The van der Waals surface area contributed by atoms with Crippen molar-refractivity contribution < 1.29 is 0 Å². The molecule has 84 valence electrons. The predicted octanol–water partition coefficient (Wildman–Crippen LogP) is 3.69. The van der Waals surface area contributed by atoms with E-state index in [0.717, 1.165) is 5.03 Å². The number of rotatable bonds is 3. The Labute approximate surface area is 101 Å². The molecule has 2 rings (SSSR count). The van der Waals surface area contributed by atoms with E-state index in [9.17, 15) is 0 Å². The Kier molecular flexibility index (Phi) is 3.34. The molecular weight excluding hydrogens is 216 g/mol. The molecule has 0 saturated heterocycles. The normalized spacial score (nSPS) is 11.0. The average Bonchev–Trinajstić information content (AvgIpc) is 2.65. The second kappa shape index (κ2) is 4.74. The lowest BCUT2D eigenvalue weighted by atomic mass is 10.0. The predicted molar refractivity (Wildman–Crippen MR) is 67.9 cm³/mol. The summed E-state index contributed by atoms with van der Waals surface area (Å²) in [5.41, 5.74) is 1.38. The minimum Gasteiger partial charge on any atom is -0.329 e. The van der Waals surface area contributed by atoms with Gasteiger partial charge in [-0.05, 0) is 23.6 Å². The van der Waals surface area contributed by atoms with Crippen LogP contribution in [0, 0.1) is 0 Å². The van der Waals surface area contributed by atoms with Crippen LogP contribution in [0.15, 0.2) is 46.7 Å². The maximum Gasteiger partial charge on any atom is 0.0991 e. The molecule has 0 aliphatic carbocycles. The van der Waals surface area contributed by atoms with Gasteiger partial charge in [-0.2, -0.15) is 0 Å². The minimum atomic E-state index is 0.593. The lowest BCUT2D eigenvalue weighted by Gasteiger charge is -2.06. The van der Waals surface area contributed by atoms with Crippen molar-refractivity contribution in [2.75, 3.05) is 0 Å². The lowest BCUT2D eigenvalue weighted by Crippen LogP contribution is -1.88. The lowest BCUT2D eigenvalue weighted by molar-refractivity contribution is 0.824. The molecule has 0 N–H and O–H groups in total. The van der Waals surface area contributed by atoms with Gasteiger partial charge in [0, 0.05) is 11.9 Å². The number of hydrogen-bond acceptors (Lipinski definition) is 2. The number of benzene rings is 1. The van der Waals surface area contributed by atoms with Gasteiger partial charge in [-0.25, -0.2) is 4.98 Å². The second-order valence-corrected chi connectivity index (χ2v) is 5.26. The maximum atomic E-state index is 4.11. The molecular formula is C13H16N2S. The molecule has 1 heterocycles. The van der Waals surface area contributed by atoms with Crippen molar-refractivity contribution in [3.63, 3.8) is 0 Å². The van der Waals surface area contributed by atoms with E-state index in [1.807, 2.05) is 24.1 Å². The molecule has 0 saturated carbocycles. The van der Waals surface area contributed by atoms with Crippen molar-refractivity contribution in [2.24, 2.45) is 7.05 Å². The molecule has 16 heavy (non-hydrogen) atoms. The number of nitrogens with zero attached hydrogens (tertiary/aromatic N) is 2. The van der Waals surface area contributed by atoms with Crippen LogP contribution in [0.25, 0.3) is 0 Å². The van der Waals surface area contributed by atoms with E-state index in [-0.39, 0.29) is 0 Å². The topological polar surface area (TPSA) is 17.8 Å². The third-order valence-electron chi connectivity index (χ3n) is 2.54. The zero-order chi connectivity index (χ0) is 11.5. The molecule has 0 aliphatic heterocycles. The molecule has 0 atom stereocenters. The standard InChI is InChI=1S/C13H16N2S/c1-10(2)11-4-6-12(7-5-11)16-13-8-14-9-15(13)3/h4-10H,1-3H3. The molecule has 0 radical (unpaired) electrons. The van der Waals surface area contributed by atoms with Crippen LogP contribution in [-0.4, -0.2) is 9.55 Å². The van der Waals surface area contributed by atoms with Gasteiger partial charge in [0.25, 0.3) is 0 Å². The van der Waals surface area contributed by atoms with Gasteiger partial charge in [-0.3, -0.25) is 0 Å². The Morgan fingerprint density at radius 2 is 1.88 bits per heavy atom. The van der Waals surface area contributed by atoms with Crippen molar-refractivity contribution in [3.05, 3.63) is 42.4 Å². The van der Waals surface area contributed by atoms with E-state index in [1.54, 1.807) is 11.8 Å². The fourth-order valence-electron chi connectivity index (χ4n) is 1.48. The van der Waals surface area contributed by atoms with Gasteiger partial charge in [0.1, 0.15) is 0 Å². The highest BCUT2D eigenvalue weighted by molar-refractivity contribution is 7.99. The van der Waals surface area contributed by atoms with E-state index < -0.39 is 0 Å². The average molecular weight is 232 g/mol. The summed E-state index contributed by atoms with van der Waals surface area (Å²) in [6, 6.07) is 8.74. The Hall–Kier alpha value is -1.22. The fraction of sp³-hybridized carbons (Fsp3) is 0.308. The zero-order valence-corrected chi connectivity index (χ0v) is 10.7. The highest BCUT2D eigenvalue weighted by Crippen LogP contribution is 2.28. The van der Waals surface area contributed by atoms with Gasteiger partial charge < -0.3 is 4.57 Å². The van der Waals surface area contributed by atoms with E-state index in [1.165, 1.54) is 10.5 Å². The van der Waals surface area contributed by atoms with E-state index in [2.05, 4.69) is 43.1 Å². The van der Waals surface area contributed by atoms with Crippen molar-refractivity contribution >= 4 is 11.8 Å². The van der Waals surface area contributed by atoms with Gasteiger partial charge in [0.15, 0.2) is 0 Å². The first-order chi connectivity index (χ1) is 7.66. The highest BCUT2D eigenvalue weighted by atomic mass is 32.2. The third-order valence-corrected chi connectivity index (χ3v) is 3.65. The van der Waals surface area contributed by atoms with Crippen LogP contribution >= 0.6 is 11.8 Å². The van der Waals surface area contributed by atoms with Gasteiger partial charge in [0.2, 0.25) is 0 Å². The van der Waals surface area contributed by atoms with Crippen molar-refractivity contribution in [3.8, 4) is 0 Å². The minimum absolute atomic E-state index is 0.593. The second-order valence-electron chi connectivity index (χ2n) is 4.17. The summed E-state index contributed by atoms with van der Waals surface area (Å²) in [6.07, 6.45) is 3.71. The summed E-state index contributed by atoms with van der Waals surface area (Å²) in [4.78, 5) is 5.36. The first-order valence-electron chi connectivity index (χ1n) is 5.41. The first-order valence-corrected chi connectivity index (χ1v) is 6.22. The molecule has 1 aromatic carbocycles. The van der Waals surface area contributed by atoms with Gasteiger partial charge in [-0.15, -0.1) is 0 Å². The number of aromatic nitrogens is 2. The molecule has 0 unspecified atom stereocenters. The van der Waals surface area contributed by atoms with Crippen molar-refractivity contribution in [2.45, 2.75) is 29.7 Å². The van der Waals surface area contributed by atoms with E-state index in [4.69, 9.17) is 0 Å². The third kappa shape index (κ3) is 2.47. The van der Waals surface area contributed by atoms with Crippen molar-refractivity contribution in [1.82, 2.24) is 9.55 Å². The molecule has 3 heteroatoms.